The number of carbonyl (C=O) groups is 2. The van der Waals surface area contributed by atoms with Crippen LogP contribution >= 0.6 is 11.6 Å². The molecule has 5 rings (SSSR count). The third-order valence-electron chi connectivity index (χ3n) is 6.09. The summed E-state index contributed by atoms with van der Waals surface area (Å²) < 4.78 is 1.78. The van der Waals surface area contributed by atoms with Gasteiger partial charge in [0.1, 0.15) is 0 Å². The van der Waals surface area contributed by atoms with E-state index in [4.69, 9.17) is 16.7 Å². The summed E-state index contributed by atoms with van der Waals surface area (Å²) in [5.74, 6) is -0.118. The third kappa shape index (κ3) is 5.28. The molecular weight excluding hydrogens is 460 g/mol. The summed E-state index contributed by atoms with van der Waals surface area (Å²) in [5, 5.41) is 8.34. The Hall–Kier alpha value is -3.90. The predicted molar refractivity (Wildman–Crippen MR) is 138 cm³/mol. The van der Waals surface area contributed by atoms with Gasteiger partial charge in [0.05, 0.1) is 17.8 Å². The number of amides is 2. The number of anilines is 1. The maximum atomic E-state index is 12.9. The second-order valence-corrected chi connectivity index (χ2v) is 9.03. The van der Waals surface area contributed by atoms with Crippen molar-refractivity contribution < 1.29 is 9.59 Å². The van der Waals surface area contributed by atoms with Gasteiger partial charge in [0.2, 0.25) is 5.91 Å². The van der Waals surface area contributed by atoms with Gasteiger partial charge in [0.25, 0.3) is 5.91 Å². The number of benzene rings is 3. The zero-order valence-electron chi connectivity index (χ0n) is 19.2. The van der Waals surface area contributed by atoms with Crippen LogP contribution in [0.5, 0.6) is 0 Å². The largest absolute Gasteiger partial charge is 0.339 e. The predicted octanol–water partition coefficient (Wildman–Crippen LogP) is 5.61. The molecule has 0 radical (unpaired) electrons. The Morgan fingerprint density at radius 3 is 2.26 bits per heavy atom. The summed E-state index contributed by atoms with van der Waals surface area (Å²) >= 11 is 6.07. The van der Waals surface area contributed by atoms with Crippen molar-refractivity contribution in [2.45, 2.75) is 19.3 Å². The minimum Gasteiger partial charge on any atom is -0.339 e. The standard InChI is InChI=1S/C28H25ClN4O2/c29-23-12-8-20(9-13-23)27-22(19-33(31-27)25-6-2-1-3-7-25)18-26(34)30-24-14-10-21(11-15-24)28(35)32-16-4-5-17-32/h1-3,6-15,19H,4-5,16-18H2,(H,30,34). The van der Waals surface area contributed by atoms with E-state index in [9.17, 15) is 9.59 Å². The third-order valence-corrected chi connectivity index (χ3v) is 6.34. The quantitative estimate of drug-likeness (QED) is 0.387. The number of para-hydroxylation sites is 1. The van der Waals surface area contributed by atoms with Crippen LogP contribution in [0.15, 0.2) is 85.1 Å². The van der Waals surface area contributed by atoms with Crippen molar-refractivity contribution in [3.8, 4) is 16.9 Å². The van der Waals surface area contributed by atoms with Crippen molar-refractivity contribution in [3.63, 3.8) is 0 Å². The fourth-order valence-corrected chi connectivity index (χ4v) is 4.41. The molecule has 0 spiro atoms. The second kappa shape index (κ2) is 10.2. The number of aromatic nitrogens is 2. The number of hydrogen-bond acceptors (Lipinski definition) is 3. The maximum absolute atomic E-state index is 12.9. The van der Waals surface area contributed by atoms with Gasteiger partial charge in [-0.05, 0) is 61.4 Å². The average Bonchev–Trinajstić information content (AvgIpc) is 3.56. The van der Waals surface area contributed by atoms with Crippen LogP contribution in [0.3, 0.4) is 0 Å². The van der Waals surface area contributed by atoms with Crippen LogP contribution in [-0.2, 0) is 11.2 Å². The Morgan fingerprint density at radius 2 is 1.57 bits per heavy atom. The Bertz CT molecular complexity index is 1330. The van der Waals surface area contributed by atoms with E-state index in [1.165, 1.54) is 0 Å². The number of hydrogen-bond donors (Lipinski definition) is 1. The van der Waals surface area contributed by atoms with E-state index in [-0.39, 0.29) is 18.2 Å². The van der Waals surface area contributed by atoms with Gasteiger partial charge in [-0.2, -0.15) is 5.10 Å². The summed E-state index contributed by atoms with van der Waals surface area (Å²) in [5.41, 5.74) is 4.61. The van der Waals surface area contributed by atoms with Gasteiger partial charge in [0, 0.05) is 46.7 Å². The lowest BCUT2D eigenvalue weighted by Crippen LogP contribution is -2.27. The molecular formula is C28H25ClN4O2. The molecule has 7 heteroatoms. The zero-order valence-corrected chi connectivity index (χ0v) is 19.9. The topological polar surface area (TPSA) is 67.2 Å². The van der Waals surface area contributed by atoms with Crippen LogP contribution in [0.4, 0.5) is 5.69 Å². The lowest BCUT2D eigenvalue weighted by atomic mass is 10.1. The highest BCUT2D eigenvalue weighted by Gasteiger charge is 2.20. The van der Waals surface area contributed by atoms with Gasteiger partial charge >= 0.3 is 0 Å². The summed E-state index contributed by atoms with van der Waals surface area (Å²) in [6.07, 6.45) is 4.15. The molecule has 0 atom stereocenters. The van der Waals surface area contributed by atoms with E-state index >= 15 is 0 Å². The monoisotopic (exact) mass is 484 g/mol. The van der Waals surface area contributed by atoms with Crippen LogP contribution in [0.25, 0.3) is 16.9 Å². The van der Waals surface area contributed by atoms with Gasteiger partial charge in [-0.25, -0.2) is 4.68 Å². The number of rotatable bonds is 6. The Balaban J connectivity index is 1.34. The molecule has 1 N–H and O–H groups in total. The first-order chi connectivity index (χ1) is 17.1. The van der Waals surface area contributed by atoms with Crippen molar-refractivity contribution in [1.29, 1.82) is 0 Å². The Kier molecular flexibility index (Phi) is 6.64. The van der Waals surface area contributed by atoms with Crippen molar-refractivity contribution in [2.75, 3.05) is 18.4 Å². The fraction of sp³-hybridized carbons (Fsp3) is 0.179. The number of nitrogens with one attached hydrogen (secondary N) is 1. The van der Waals surface area contributed by atoms with E-state index in [1.807, 2.05) is 65.7 Å². The van der Waals surface area contributed by atoms with Gasteiger partial charge in [-0.3, -0.25) is 9.59 Å². The number of nitrogens with zero attached hydrogens (tertiary/aromatic N) is 3. The normalized spacial score (nSPS) is 13.1. The molecule has 1 aliphatic heterocycles. The van der Waals surface area contributed by atoms with E-state index in [0.29, 0.717) is 16.3 Å². The van der Waals surface area contributed by atoms with Crippen LogP contribution in [0.1, 0.15) is 28.8 Å². The minimum absolute atomic E-state index is 0.0429. The molecule has 176 valence electrons. The zero-order chi connectivity index (χ0) is 24.2. The molecule has 6 nitrogen and oxygen atoms in total. The fourth-order valence-electron chi connectivity index (χ4n) is 4.28. The van der Waals surface area contributed by atoms with Crippen molar-refractivity contribution in [1.82, 2.24) is 14.7 Å². The smallest absolute Gasteiger partial charge is 0.253 e. The highest BCUT2D eigenvalue weighted by molar-refractivity contribution is 6.30. The molecule has 2 heterocycles. The maximum Gasteiger partial charge on any atom is 0.253 e. The molecule has 0 unspecified atom stereocenters. The first-order valence-electron chi connectivity index (χ1n) is 11.7. The molecule has 1 saturated heterocycles. The summed E-state index contributed by atoms with van der Waals surface area (Å²) in [4.78, 5) is 27.4. The Labute approximate surface area is 209 Å². The number of likely N-dealkylation sites (tertiary alicyclic amines) is 1. The molecule has 0 saturated carbocycles. The highest BCUT2D eigenvalue weighted by atomic mass is 35.5. The van der Waals surface area contributed by atoms with Crippen molar-refractivity contribution in [3.05, 3.63) is 101 Å². The van der Waals surface area contributed by atoms with E-state index in [0.717, 1.165) is 48.4 Å². The van der Waals surface area contributed by atoms with Crippen LogP contribution in [0, 0.1) is 0 Å². The number of carbonyl (C=O) groups excluding carboxylic acids is 2. The molecule has 1 aromatic heterocycles. The first-order valence-corrected chi connectivity index (χ1v) is 12.0. The van der Waals surface area contributed by atoms with Gasteiger partial charge in [-0.15, -0.1) is 0 Å². The molecule has 3 aromatic carbocycles. The molecule has 0 bridgehead atoms. The first kappa shape index (κ1) is 22.9. The lowest BCUT2D eigenvalue weighted by Gasteiger charge is -2.15. The Morgan fingerprint density at radius 1 is 0.886 bits per heavy atom. The van der Waals surface area contributed by atoms with E-state index in [1.54, 1.807) is 28.9 Å². The van der Waals surface area contributed by atoms with Crippen molar-refractivity contribution >= 4 is 29.1 Å². The second-order valence-electron chi connectivity index (χ2n) is 8.59. The molecule has 35 heavy (non-hydrogen) atoms. The van der Waals surface area contributed by atoms with Crippen LogP contribution in [0.2, 0.25) is 5.02 Å². The number of halogens is 1. The van der Waals surface area contributed by atoms with Gasteiger partial charge in [-0.1, -0.05) is 41.9 Å². The lowest BCUT2D eigenvalue weighted by molar-refractivity contribution is -0.115. The summed E-state index contributed by atoms with van der Waals surface area (Å²) in [7, 11) is 0. The van der Waals surface area contributed by atoms with Crippen LogP contribution < -0.4 is 5.32 Å². The molecule has 1 aliphatic rings. The summed E-state index contributed by atoms with van der Waals surface area (Å²) in [6.45, 7) is 1.62. The molecule has 2 amide bonds. The minimum atomic E-state index is -0.161. The van der Waals surface area contributed by atoms with Gasteiger partial charge in [0.15, 0.2) is 0 Å². The SMILES string of the molecule is O=C(Cc1cn(-c2ccccc2)nc1-c1ccc(Cl)cc1)Nc1ccc(C(=O)N2CCCC2)cc1. The average molecular weight is 485 g/mol. The molecule has 0 aliphatic carbocycles. The highest BCUT2D eigenvalue weighted by Crippen LogP contribution is 2.26. The van der Waals surface area contributed by atoms with Crippen LogP contribution in [-0.4, -0.2) is 39.6 Å². The van der Waals surface area contributed by atoms with E-state index < -0.39 is 0 Å². The molecule has 4 aromatic rings. The van der Waals surface area contributed by atoms with Crippen molar-refractivity contribution in [2.24, 2.45) is 0 Å². The van der Waals surface area contributed by atoms with E-state index in [2.05, 4.69) is 5.32 Å². The summed E-state index contributed by atoms with van der Waals surface area (Å²) in [6, 6.07) is 24.3. The molecule has 1 fully saturated rings. The van der Waals surface area contributed by atoms with Gasteiger partial charge < -0.3 is 10.2 Å².